The van der Waals surface area contributed by atoms with E-state index < -0.39 is 36.4 Å². The van der Waals surface area contributed by atoms with Gasteiger partial charge in [-0.2, -0.15) is 0 Å². The predicted molar refractivity (Wildman–Crippen MR) is 153 cm³/mol. The molecule has 0 aromatic rings. The second-order valence-electron chi connectivity index (χ2n) is 12.5. The zero-order valence-corrected chi connectivity index (χ0v) is 24.4. The Morgan fingerprint density at radius 3 is 2.77 bits per heavy atom. The van der Waals surface area contributed by atoms with Crippen molar-refractivity contribution in [2.75, 3.05) is 26.2 Å². The Labute approximate surface area is 237 Å². The zero-order valence-electron chi connectivity index (χ0n) is 24.4. The zero-order chi connectivity index (χ0) is 29.0. The Hall–Kier alpha value is -2.11. The lowest BCUT2D eigenvalue weighted by Crippen LogP contribution is -2.65. The largest absolute Gasteiger partial charge is 0.384 e. The van der Waals surface area contributed by atoms with Crippen LogP contribution in [0.4, 0.5) is 8.78 Å². The molecule has 4 aliphatic rings. The van der Waals surface area contributed by atoms with Gasteiger partial charge < -0.3 is 27.0 Å². The predicted octanol–water partition coefficient (Wildman–Crippen LogP) is 2.36. The number of fused-ring (bicyclic) bond motifs is 1. The first-order valence-corrected chi connectivity index (χ1v) is 15.2. The molecule has 4 rings (SSSR count). The number of allylic oxidation sites excluding steroid dienone is 1. The monoisotopic (exact) mass is 565 g/mol. The van der Waals surface area contributed by atoms with Crippen LogP contribution in [0.3, 0.4) is 0 Å². The maximum absolute atomic E-state index is 16.2. The van der Waals surface area contributed by atoms with Gasteiger partial charge in [-0.1, -0.05) is 33.6 Å². The number of aliphatic imine (C=N–C) groups is 1. The summed E-state index contributed by atoms with van der Waals surface area (Å²) in [5.41, 5.74) is 12.8. The van der Waals surface area contributed by atoms with Gasteiger partial charge in [0.15, 0.2) is 0 Å². The minimum absolute atomic E-state index is 0.0641. The molecule has 0 aromatic heterocycles. The molecule has 4 heterocycles. The van der Waals surface area contributed by atoms with Gasteiger partial charge in [-0.3, -0.25) is 19.5 Å². The van der Waals surface area contributed by atoms with Gasteiger partial charge in [0, 0.05) is 50.6 Å². The molecule has 2 amide bonds. The standard InChI is InChI=1S/C29H49F2N7O2/c1-4-6-7-20-25(31)26(37-12-13-38-19(17-37)8-9-23(38)39)22(16-35-20)36-28(40)24(27(32)33)21-14-29(3,5-2)11-10-18(30)15-34-21/h15,18-19,21-22,24,26-27,35H,4-14,16-17,32-33H2,1-3H3,(H,36,40)/t18?,19?,21?,22?,24?,26?,29-/m1/s1. The molecule has 11 heteroatoms. The van der Waals surface area contributed by atoms with E-state index in [4.69, 9.17) is 11.5 Å². The van der Waals surface area contributed by atoms with Crippen molar-refractivity contribution in [3.8, 4) is 0 Å². The Morgan fingerprint density at radius 2 is 2.08 bits per heavy atom. The lowest BCUT2D eigenvalue weighted by molar-refractivity contribution is -0.131. The molecule has 0 radical (unpaired) electrons. The van der Waals surface area contributed by atoms with Crippen molar-refractivity contribution >= 4 is 18.0 Å². The molecule has 6 unspecified atom stereocenters. The third kappa shape index (κ3) is 6.85. The fourth-order valence-electron chi connectivity index (χ4n) is 6.88. The van der Waals surface area contributed by atoms with E-state index in [9.17, 15) is 14.0 Å². The average molecular weight is 566 g/mol. The highest BCUT2D eigenvalue weighted by molar-refractivity contribution is 5.81. The number of piperazine rings is 1. The van der Waals surface area contributed by atoms with Crippen molar-refractivity contribution in [3.05, 3.63) is 11.5 Å². The molecule has 2 fully saturated rings. The fraction of sp³-hybridized carbons (Fsp3) is 0.828. The Bertz CT molecular complexity index is 976. The number of unbranched alkanes of at least 4 members (excludes halogenated alkanes) is 1. The van der Waals surface area contributed by atoms with Crippen LogP contribution < -0.4 is 22.1 Å². The number of carbonyl (C=O) groups excluding carboxylic acids is 2. The van der Waals surface area contributed by atoms with Gasteiger partial charge in [0.2, 0.25) is 11.8 Å². The van der Waals surface area contributed by atoms with Crippen LogP contribution in [0, 0.1) is 11.3 Å². The van der Waals surface area contributed by atoms with Crippen molar-refractivity contribution in [3.63, 3.8) is 0 Å². The average Bonchev–Trinajstić information content (AvgIpc) is 3.29. The summed E-state index contributed by atoms with van der Waals surface area (Å²) in [6, 6.07) is -1.73. The number of nitrogens with one attached hydrogen (secondary N) is 2. The molecule has 2 saturated heterocycles. The van der Waals surface area contributed by atoms with E-state index in [1.807, 2.05) is 4.90 Å². The third-order valence-corrected chi connectivity index (χ3v) is 9.64. The van der Waals surface area contributed by atoms with E-state index in [1.54, 1.807) is 0 Å². The topological polar surface area (TPSA) is 129 Å². The summed E-state index contributed by atoms with van der Waals surface area (Å²) >= 11 is 0. The van der Waals surface area contributed by atoms with Crippen LogP contribution >= 0.6 is 0 Å². The maximum Gasteiger partial charge on any atom is 0.228 e. The van der Waals surface area contributed by atoms with Gasteiger partial charge in [0.1, 0.15) is 12.0 Å². The van der Waals surface area contributed by atoms with Crippen LogP contribution in [0.1, 0.15) is 78.6 Å². The summed E-state index contributed by atoms with van der Waals surface area (Å²) < 4.78 is 30.6. The highest BCUT2D eigenvalue weighted by Gasteiger charge is 2.45. The number of halogens is 2. The van der Waals surface area contributed by atoms with Gasteiger partial charge in [0.25, 0.3) is 0 Å². The van der Waals surface area contributed by atoms with E-state index >= 15 is 4.39 Å². The summed E-state index contributed by atoms with van der Waals surface area (Å²) in [4.78, 5) is 34.6. The number of carbonyl (C=O) groups is 2. The number of nitrogens with zero attached hydrogens (tertiary/aromatic N) is 3. The first kappa shape index (κ1) is 30.8. The maximum atomic E-state index is 16.2. The van der Waals surface area contributed by atoms with E-state index in [2.05, 4.69) is 41.3 Å². The van der Waals surface area contributed by atoms with Crippen molar-refractivity contribution in [2.45, 2.75) is 115 Å². The molecule has 226 valence electrons. The van der Waals surface area contributed by atoms with Crippen LogP contribution in [0.15, 0.2) is 16.5 Å². The van der Waals surface area contributed by atoms with Gasteiger partial charge in [-0.25, -0.2) is 8.78 Å². The summed E-state index contributed by atoms with van der Waals surface area (Å²) in [6.45, 7) is 8.25. The molecular weight excluding hydrogens is 516 g/mol. The molecule has 7 atom stereocenters. The van der Waals surface area contributed by atoms with Crippen LogP contribution in [0.25, 0.3) is 0 Å². The van der Waals surface area contributed by atoms with Crippen molar-refractivity contribution in [1.29, 1.82) is 0 Å². The molecule has 0 aliphatic carbocycles. The number of hydrogen-bond acceptors (Lipinski definition) is 7. The Kier molecular flexibility index (Phi) is 10.2. The molecule has 9 nitrogen and oxygen atoms in total. The van der Waals surface area contributed by atoms with E-state index in [1.165, 1.54) is 6.21 Å². The van der Waals surface area contributed by atoms with E-state index in [-0.39, 0.29) is 29.1 Å². The first-order valence-electron chi connectivity index (χ1n) is 15.2. The number of amides is 2. The summed E-state index contributed by atoms with van der Waals surface area (Å²) in [6.07, 6.45) is 5.27. The van der Waals surface area contributed by atoms with Crippen molar-refractivity contribution in [1.82, 2.24) is 20.4 Å². The molecule has 0 bridgehead atoms. The summed E-state index contributed by atoms with van der Waals surface area (Å²) in [5.74, 6) is -1.36. The van der Waals surface area contributed by atoms with Gasteiger partial charge >= 0.3 is 0 Å². The summed E-state index contributed by atoms with van der Waals surface area (Å²) in [7, 11) is 0. The molecule has 40 heavy (non-hydrogen) atoms. The first-order chi connectivity index (χ1) is 19.1. The highest BCUT2D eigenvalue weighted by atomic mass is 19.1. The second kappa shape index (κ2) is 13.2. The normalized spacial score (nSPS) is 34.4. The molecule has 4 aliphatic heterocycles. The van der Waals surface area contributed by atoms with E-state index in [0.717, 1.165) is 25.7 Å². The van der Waals surface area contributed by atoms with Crippen LogP contribution in [0.5, 0.6) is 0 Å². The quantitative estimate of drug-likeness (QED) is 0.318. The molecule has 0 spiro atoms. The molecule has 0 saturated carbocycles. The second-order valence-corrected chi connectivity index (χ2v) is 12.5. The van der Waals surface area contributed by atoms with Gasteiger partial charge in [-0.05, 0) is 43.9 Å². The minimum atomic E-state index is -1.18. The van der Waals surface area contributed by atoms with Crippen molar-refractivity contribution < 1.29 is 18.4 Å². The Morgan fingerprint density at radius 1 is 1.30 bits per heavy atom. The number of nitrogens with two attached hydrogens (primary N) is 2. The van der Waals surface area contributed by atoms with Gasteiger partial charge in [-0.15, -0.1) is 0 Å². The fourth-order valence-corrected chi connectivity index (χ4v) is 6.88. The van der Waals surface area contributed by atoms with Crippen molar-refractivity contribution in [2.24, 2.45) is 27.8 Å². The third-order valence-electron chi connectivity index (χ3n) is 9.64. The number of rotatable bonds is 9. The summed E-state index contributed by atoms with van der Waals surface area (Å²) in [5, 5.41) is 6.32. The smallest absolute Gasteiger partial charge is 0.228 e. The molecule has 6 N–H and O–H groups in total. The number of hydrogen-bond donors (Lipinski definition) is 4. The number of alkyl halides is 1. The highest BCUT2D eigenvalue weighted by Crippen LogP contribution is 2.38. The minimum Gasteiger partial charge on any atom is -0.384 e. The van der Waals surface area contributed by atoms with Crippen LogP contribution in [-0.2, 0) is 9.59 Å². The molecular formula is C29H49F2N7O2. The SMILES string of the molecule is CCCCC1=C(F)C(N2CCN3C(=O)CCC3C2)C(NC(=O)C(C(N)N)C2C[C@](C)(CC)CCC(F)C=N2)CN1. The lowest BCUT2D eigenvalue weighted by atomic mass is 9.73. The Balaban J connectivity index is 1.57. The molecule has 0 aromatic carbocycles. The van der Waals surface area contributed by atoms with E-state index in [0.29, 0.717) is 64.0 Å². The van der Waals surface area contributed by atoms with Gasteiger partial charge in [0.05, 0.1) is 30.2 Å². The lowest BCUT2D eigenvalue weighted by Gasteiger charge is -2.46. The van der Waals surface area contributed by atoms with Crippen LogP contribution in [-0.4, -0.2) is 90.5 Å². The van der Waals surface area contributed by atoms with Crippen LogP contribution in [0.2, 0.25) is 0 Å².